The van der Waals surface area contributed by atoms with E-state index in [1.807, 2.05) is 19.0 Å². The monoisotopic (exact) mass is 526 g/mol. The first kappa shape index (κ1) is 25.0. The predicted octanol–water partition coefficient (Wildman–Crippen LogP) is 4.01. The second kappa shape index (κ2) is 11.2. The van der Waals surface area contributed by atoms with Crippen LogP contribution >= 0.6 is 24.0 Å². The van der Waals surface area contributed by atoms with Crippen LogP contribution in [-0.4, -0.2) is 31.3 Å². The average molecular weight is 526 g/mol. The first-order valence-electron chi connectivity index (χ1n) is 8.43. The molecule has 0 aliphatic carbocycles. The summed E-state index contributed by atoms with van der Waals surface area (Å²) in [7, 11) is 3.72. The van der Waals surface area contributed by atoms with Crippen molar-refractivity contribution in [2.24, 2.45) is 10.7 Å². The van der Waals surface area contributed by atoms with Crippen LogP contribution < -0.4 is 15.8 Å². The van der Waals surface area contributed by atoms with Crippen molar-refractivity contribution in [1.29, 1.82) is 0 Å². The summed E-state index contributed by atoms with van der Waals surface area (Å²) in [5, 5.41) is 2.85. The lowest BCUT2D eigenvalue weighted by Gasteiger charge is -2.11. The number of nitrogens with one attached hydrogen (secondary N) is 1. The molecule has 0 unspecified atom stereocenters. The molecule has 0 aromatic heterocycles. The second-order valence-corrected chi connectivity index (χ2v) is 6.41. The molecular formula is C19H23F4IN4O. The summed E-state index contributed by atoms with van der Waals surface area (Å²) < 4.78 is 54.2. The van der Waals surface area contributed by atoms with E-state index in [4.69, 9.17) is 5.73 Å². The molecule has 5 nitrogen and oxygen atoms in total. The molecule has 0 spiro atoms. The Balaban J connectivity index is 0.00000420. The van der Waals surface area contributed by atoms with Gasteiger partial charge in [-0.05, 0) is 43.4 Å². The largest absolute Gasteiger partial charge is 0.573 e. The Hall–Kier alpha value is -2.08. The quantitative estimate of drug-likeness (QED) is 0.248. The van der Waals surface area contributed by atoms with Crippen LogP contribution in [0.4, 0.5) is 17.6 Å². The van der Waals surface area contributed by atoms with Gasteiger partial charge in [0, 0.05) is 18.7 Å². The molecule has 0 radical (unpaired) electrons. The normalized spacial score (nSPS) is 11.9. The molecule has 0 amide bonds. The third-order valence-corrected chi connectivity index (χ3v) is 3.67. The molecule has 0 atom stereocenters. The summed E-state index contributed by atoms with van der Waals surface area (Å²) in [5.41, 5.74) is 7.76. The summed E-state index contributed by atoms with van der Waals surface area (Å²) in [5.74, 6) is -0.444. The van der Waals surface area contributed by atoms with Gasteiger partial charge in [-0.25, -0.2) is 9.38 Å². The van der Waals surface area contributed by atoms with Gasteiger partial charge in [0.2, 0.25) is 0 Å². The fourth-order valence-electron chi connectivity index (χ4n) is 2.39. The van der Waals surface area contributed by atoms with Crippen LogP contribution in [0, 0.1) is 5.82 Å². The van der Waals surface area contributed by atoms with E-state index in [2.05, 4.69) is 15.0 Å². The first-order chi connectivity index (χ1) is 13.1. The van der Waals surface area contributed by atoms with Crippen LogP contribution in [0.2, 0.25) is 0 Å². The molecule has 29 heavy (non-hydrogen) atoms. The van der Waals surface area contributed by atoms with E-state index in [1.54, 1.807) is 12.1 Å². The number of ether oxygens (including phenoxy) is 1. The molecule has 0 heterocycles. The Labute approximate surface area is 184 Å². The Morgan fingerprint density at radius 3 is 2.28 bits per heavy atom. The SMILES string of the molecule is CN(C)Cc1ccc(CN=C(N)NCc2ccc(OC(F)(F)F)cc2)cc1F.I. The standard InChI is InChI=1S/C19H22F4N4O.HI/c1-27(2)12-15-6-3-14(9-17(15)20)11-26-18(24)25-10-13-4-7-16(8-5-13)28-19(21,22)23;/h3-9H,10-12H2,1-2H3,(H3,24,25,26);1H. The van der Waals surface area contributed by atoms with Gasteiger partial charge in [-0.2, -0.15) is 0 Å². The van der Waals surface area contributed by atoms with Crippen LogP contribution in [0.5, 0.6) is 5.75 Å². The third kappa shape index (κ3) is 9.31. The van der Waals surface area contributed by atoms with Crippen molar-refractivity contribution in [2.45, 2.75) is 26.0 Å². The van der Waals surface area contributed by atoms with E-state index in [0.29, 0.717) is 23.2 Å². The Morgan fingerprint density at radius 1 is 1.10 bits per heavy atom. The number of alkyl halides is 3. The lowest BCUT2D eigenvalue weighted by molar-refractivity contribution is -0.274. The molecule has 3 N–H and O–H groups in total. The van der Waals surface area contributed by atoms with Crippen molar-refractivity contribution >= 4 is 29.9 Å². The van der Waals surface area contributed by atoms with E-state index in [-0.39, 0.29) is 54.6 Å². The van der Waals surface area contributed by atoms with Gasteiger partial charge < -0.3 is 20.7 Å². The molecule has 10 heteroatoms. The smallest absolute Gasteiger partial charge is 0.406 e. The summed E-state index contributed by atoms with van der Waals surface area (Å²) in [6.07, 6.45) is -4.72. The molecular weight excluding hydrogens is 503 g/mol. The minimum absolute atomic E-state index is 0. The van der Waals surface area contributed by atoms with E-state index >= 15 is 0 Å². The Bertz CT molecular complexity index is 811. The van der Waals surface area contributed by atoms with Gasteiger partial charge >= 0.3 is 6.36 Å². The van der Waals surface area contributed by atoms with Crippen molar-refractivity contribution in [1.82, 2.24) is 10.2 Å². The van der Waals surface area contributed by atoms with E-state index in [1.165, 1.54) is 30.3 Å². The molecule has 0 saturated carbocycles. The van der Waals surface area contributed by atoms with Gasteiger partial charge in [0.05, 0.1) is 6.54 Å². The summed E-state index contributed by atoms with van der Waals surface area (Å²) in [6, 6.07) is 10.3. The third-order valence-electron chi connectivity index (χ3n) is 3.67. The van der Waals surface area contributed by atoms with Crippen LogP contribution in [0.15, 0.2) is 47.5 Å². The molecule has 2 aromatic carbocycles. The zero-order valence-electron chi connectivity index (χ0n) is 16.0. The van der Waals surface area contributed by atoms with Crippen molar-refractivity contribution < 1.29 is 22.3 Å². The number of nitrogens with two attached hydrogens (primary N) is 1. The topological polar surface area (TPSA) is 62.9 Å². The van der Waals surface area contributed by atoms with Gasteiger partial charge in [0.1, 0.15) is 11.6 Å². The van der Waals surface area contributed by atoms with E-state index < -0.39 is 6.36 Å². The molecule has 0 fully saturated rings. The van der Waals surface area contributed by atoms with Crippen molar-refractivity contribution in [3.8, 4) is 5.75 Å². The zero-order chi connectivity index (χ0) is 20.7. The number of aliphatic imine (C=N–C) groups is 1. The molecule has 2 aromatic rings. The summed E-state index contributed by atoms with van der Waals surface area (Å²) in [6.45, 7) is 0.986. The zero-order valence-corrected chi connectivity index (χ0v) is 18.3. The summed E-state index contributed by atoms with van der Waals surface area (Å²) >= 11 is 0. The maximum absolute atomic E-state index is 14.0. The first-order valence-corrected chi connectivity index (χ1v) is 8.43. The summed E-state index contributed by atoms with van der Waals surface area (Å²) in [4.78, 5) is 6.01. The number of nitrogens with zero attached hydrogens (tertiary/aromatic N) is 2. The van der Waals surface area contributed by atoms with Crippen molar-refractivity contribution in [3.63, 3.8) is 0 Å². The molecule has 0 saturated heterocycles. The molecule has 2 rings (SSSR count). The van der Waals surface area contributed by atoms with Crippen LogP contribution in [0.1, 0.15) is 16.7 Å². The number of halogens is 5. The van der Waals surface area contributed by atoms with Crippen LogP contribution in [0.25, 0.3) is 0 Å². The van der Waals surface area contributed by atoms with Gasteiger partial charge in [-0.3, -0.25) is 0 Å². The highest BCUT2D eigenvalue weighted by atomic mass is 127. The van der Waals surface area contributed by atoms with E-state index in [9.17, 15) is 17.6 Å². The lowest BCUT2D eigenvalue weighted by atomic mass is 10.1. The van der Waals surface area contributed by atoms with Gasteiger partial charge in [0.15, 0.2) is 5.96 Å². The van der Waals surface area contributed by atoms with Gasteiger partial charge in [-0.15, -0.1) is 37.1 Å². The fraction of sp³-hybridized carbons (Fsp3) is 0.316. The average Bonchev–Trinajstić information content (AvgIpc) is 2.60. The molecule has 0 bridgehead atoms. The number of guanidine groups is 1. The van der Waals surface area contributed by atoms with E-state index in [0.717, 1.165) is 0 Å². The van der Waals surface area contributed by atoms with Crippen molar-refractivity contribution in [2.75, 3.05) is 14.1 Å². The number of hydrogen-bond acceptors (Lipinski definition) is 3. The highest BCUT2D eigenvalue weighted by Crippen LogP contribution is 2.22. The van der Waals surface area contributed by atoms with Crippen molar-refractivity contribution in [3.05, 3.63) is 65.0 Å². The van der Waals surface area contributed by atoms with Crippen LogP contribution in [0.3, 0.4) is 0 Å². The van der Waals surface area contributed by atoms with Crippen LogP contribution in [-0.2, 0) is 19.6 Å². The van der Waals surface area contributed by atoms with Gasteiger partial charge in [0.25, 0.3) is 0 Å². The highest BCUT2D eigenvalue weighted by Gasteiger charge is 2.30. The Kier molecular flexibility index (Phi) is 9.63. The molecule has 160 valence electrons. The number of rotatable bonds is 7. The minimum Gasteiger partial charge on any atom is -0.406 e. The molecule has 0 aliphatic rings. The highest BCUT2D eigenvalue weighted by molar-refractivity contribution is 14.0. The number of hydrogen-bond donors (Lipinski definition) is 2. The molecule has 0 aliphatic heterocycles. The predicted molar refractivity (Wildman–Crippen MR) is 114 cm³/mol. The fourth-order valence-corrected chi connectivity index (χ4v) is 2.39. The lowest BCUT2D eigenvalue weighted by Crippen LogP contribution is -2.31. The minimum atomic E-state index is -4.72. The second-order valence-electron chi connectivity index (χ2n) is 6.41. The number of benzene rings is 2. The maximum atomic E-state index is 14.0. The van der Waals surface area contributed by atoms with Gasteiger partial charge in [-0.1, -0.05) is 24.3 Å². The maximum Gasteiger partial charge on any atom is 0.573 e. The Morgan fingerprint density at radius 2 is 1.72 bits per heavy atom.